The maximum atomic E-state index is 12.7. The van der Waals surface area contributed by atoms with E-state index in [1.54, 1.807) is 7.11 Å². The monoisotopic (exact) mass is 396 g/mol. The Bertz CT molecular complexity index is 720. The number of nitrogens with zero attached hydrogens (tertiary/aromatic N) is 2. The van der Waals surface area contributed by atoms with Crippen molar-refractivity contribution in [3.63, 3.8) is 0 Å². The molecule has 0 spiro atoms. The Morgan fingerprint density at radius 1 is 1.26 bits per heavy atom. The lowest BCUT2D eigenvalue weighted by molar-refractivity contribution is -0.135. The number of para-hydroxylation sites is 1. The zero-order valence-corrected chi connectivity index (χ0v) is 17.5. The molecular weight excluding hydrogens is 364 g/mol. The van der Waals surface area contributed by atoms with Gasteiger partial charge < -0.3 is 9.64 Å². The first-order valence-electron chi connectivity index (χ1n) is 9.73. The number of carbonyl (C=O) groups is 1. The minimum absolute atomic E-state index is 0.0625. The molecule has 1 fully saturated rings. The number of sulfonamides is 1. The van der Waals surface area contributed by atoms with Gasteiger partial charge in [-0.05, 0) is 43.7 Å². The van der Waals surface area contributed by atoms with Crippen molar-refractivity contribution in [3.8, 4) is 5.75 Å². The summed E-state index contributed by atoms with van der Waals surface area (Å²) in [5, 5.41) is 0. The highest BCUT2D eigenvalue weighted by atomic mass is 32.2. The van der Waals surface area contributed by atoms with Gasteiger partial charge in [-0.3, -0.25) is 4.79 Å². The SMILES string of the molecule is CCC1CCCCN1C(=O)CCN(CCc1ccccc1OC)S(C)(=O)=O. The molecule has 0 saturated carbocycles. The van der Waals surface area contributed by atoms with Gasteiger partial charge in [0.2, 0.25) is 15.9 Å². The third-order valence-corrected chi connectivity index (χ3v) is 6.59. The summed E-state index contributed by atoms with van der Waals surface area (Å²) in [5.41, 5.74) is 0.960. The lowest BCUT2D eigenvalue weighted by atomic mass is 9.99. The summed E-state index contributed by atoms with van der Waals surface area (Å²) in [6.45, 7) is 3.45. The molecule has 1 unspecified atom stereocenters. The largest absolute Gasteiger partial charge is 0.496 e. The summed E-state index contributed by atoms with van der Waals surface area (Å²) in [6.07, 6.45) is 6.18. The predicted molar refractivity (Wildman–Crippen MR) is 107 cm³/mol. The fraction of sp³-hybridized carbons (Fsp3) is 0.650. The van der Waals surface area contributed by atoms with Gasteiger partial charge in [-0.1, -0.05) is 25.1 Å². The second-order valence-electron chi connectivity index (χ2n) is 7.12. The number of hydrogen-bond acceptors (Lipinski definition) is 4. The van der Waals surface area contributed by atoms with Crippen molar-refractivity contribution in [2.45, 2.75) is 51.5 Å². The number of hydrogen-bond donors (Lipinski definition) is 0. The highest BCUT2D eigenvalue weighted by molar-refractivity contribution is 7.88. The van der Waals surface area contributed by atoms with Gasteiger partial charge >= 0.3 is 0 Å². The number of likely N-dealkylation sites (tertiary alicyclic amines) is 1. The molecule has 0 N–H and O–H groups in total. The summed E-state index contributed by atoms with van der Waals surface area (Å²) in [4.78, 5) is 14.6. The Balaban J connectivity index is 1.97. The molecule has 152 valence electrons. The van der Waals surface area contributed by atoms with Gasteiger partial charge in [0.05, 0.1) is 13.4 Å². The molecule has 27 heavy (non-hydrogen) atoms. The normalized spacial score (nSPS) is 17.9. The maximum absolute atomic E-state index is 12.7. The maximum Gasteiger partial charge on any atom is 0.224 e. The van der Waals surface area contributed by atoms with Gasteiger partial charge in [0, 0.05) is 32.1 Å². The summed E-state index contributed by atoms with van der Waals surface area (Å²) in [7, 11) is -1.77. The van der Waals surface area contributed by atoms with Crippen LogP contribution in [0.2, 0.25) is 0 Å². The third kappa shape index (κ3) is 6.21. The van der Waals surface area contributed by atoms with E-state index in [9.17, 15) is 13.2 Å². The van der Waals surface area contributed by atoms with Crippen LogP contribution in [0.25, 0.3) is 0 Å². The Morgan fingerprint density at radius 2 is 2.00 bits per heavy atom. The number of amides is 1. The first-order chi connectivity index (χ1) is 12.9. The van der Waals surface area contributed by atoms with E-state index in [2.05, 4.69) is 6.92 Å². The number of piperidine rings is 1. The van der Waals surface area contributed by atoms with Crippen LogP contribution in [0, 0.1) is 0 Å². The van der Waals surface area contributed by atoms with E-state index in [1.807, 2.05) is 29.2 Å². The van der Waals surface area contributed by atoms with Crippen LogP contribution in [0.3, 0.4) is 0 Å². The van der Waals surface area contributed by atoms with Crippen LogP contribution in [-0.2, 0) is 21.2 Å². The average molecular weight is 397 g/mol. The quantitative estimate of drug-likeness (QED) is 0.644. The van der Waals surface area contributed by atoms with E-state index in [0.717, 1.165) is 43.5 Å². The standard InChI is InChI=1S/C20H32N2O4S/c1-4-18-10-7-8-14-22(18)20(23)13-16-21(27(3,24)25)15-12-17-9-5-6-11-19(17)26-2/h5-6,9,11,18H,4,7-8,10,12-16H2,1-3H3. The molecule has 2 rings (SSSR count). The van der Waals surface area contributed by atoms with Gasteiger partial charge in [-0.2, -0.15) is 0 Å². The van der Waals surface area contributed by atoms with Crippen molar-refractivity contribution in [1.29, 1.82) is 0 Å². The molecule has 1 heterocycles. The molecule has 1 aliphatic heterocycles. The minimum Gasteiger partial charge on any atom is -0.496 e. The zero-order valence-electron chi connectivity index (χ0n) is 16.7. The Hall–Kier alpha value is -1.60. The number of methoxy groups -OCH3 is 1. The molecule has 0 bridgehead atoms. The van der Waals surface area contributed by atoms with E-state index in [0.29, 0.717) is 19.0 Å². The summed E-state index contributed by atoms with van der Waals surface area (Å²) < 4.78 is 31.1. The lowest BCUT2D eigenvalue weighted by Gasteiger charge is -2.35. The second-order valence-corrected chi connectivity index (χ2v) is 9.10. The van der Waals surface area contributed by atoms with E-state index >= 15 is 0 Å². The molecule has 0 aromatic heterocycles. The smallest absolute Gasteiger partial charge is 0.224 e. The molecular formula is C20H32N2O4S. The fourth-order valence-corrected chi connectivity index (χ4v) is 4.56. The third-order valence-electron chi connectivity index (χ3n) is 5.29. The molecule has 1 amide bonds. The highest BCUT2D eigenvalue weighted by Gasteiger charge is 2.26. The number of carbonyl (C=O) groups excluding carboxylic acids is 1. The van der Waals surface area contributed by atoms with E-state index in [-0.39, 0.29) is 18.9 Å². The van der Waals surface area contributed by atoms with Crippen LogP contribution < -0.4 is 4.74 Å². The van der Waals surface area contributed by atoms with Crippen molar-refractivity contribution in [3.05, 3.63) is 29.8 Å². The molecule has 0 radical (unpaired) electrons. The van der Waals surface area contributed by atoms with Crippen molar-refractivity contribution in [2.24, 2.45) is 0 Å². The van der Waals surface area contributed by atoms with Crippen LogP contribution in [0.4, 0.5) is 0 Å². The zero-order chi connectivity index (χ0) is 19.9. The molecule has 1 atom stereocenters. The Morgan fingerprint density at radius 3 is 2.67 bits per heavy atom. The van der Waals surface area contributed by atoms with Crippen LogP contribution in [0.1, 0.15) is 44.6 Å². The van der Waals surface area contributed by atoms with Gasteiger partial charge in [-0.15, -0.1) is 0 Å². The molecule has 0 aliphatic carbocycles. The molecule has 6 nitrogen and oxygen atoms in total. The lowest BCUT2D eigenvalue weighted by Crippen LogP contribution is -2.45. The fourth-order valence-electron chi connectivity index (χ4n) is 3.72. The van der Waals surface area contributed by atoms with Crippen molar-refractivity contribution in [1.82, 2.24) is 9.21 Å². The van der Waals surface area contributed by atoms with Crippen LogP contribution in [0.5, 0.6) is 5.75 Å². The molecule has 7 heteroatoms. The van der Waals surface area contributed by atoms with Crippen molar-refractivity contribution in [2.75, 3.05) is 33.0 Å². The van der Waals surface area contributed by atoms with Crippen LogP contribution in [-0.4, -0.2) is 62.6 Å². The topological polar surface area (TPSA) is 66.9 Å². The second kappa shape index (κ2) is 10.1. The highest BCUT2D eigenvalue weighted by Crippen LogP contribution is 2.21. The van der Waals surface area contributed by atoms with Gasteiger partial charge in [0.1, 0.15) is 5.75 Å². The van der Waals surface area contributed by atoms with Crippen molar-refractivity contribution < 1.29 is 17.9 Å². The number of benzene rings is 1. The Labute approximate surface area is 163 Å². The minimum atomic E-state index is -3.38. The van der Waals surface area contributed by atoms with E-state index in [1.165, 1.54) is 10.6 Å². The molecule has 1 saturated heterocycles. The Kier molecular flexibility index (Phi) is 8.10. The van der Waals surface area contributed by atoms with E-state index in [4.69, 9.17) is 4.74 Å². The average Bonchev–Trinajstić information content (AvgIpc) is 2.66. The first kappa shape index (κ1) is 21.7. The van der Waals surface area contributed by atoms with Crippen LogP contribution in [0.15, 0.2) is 24.3 Å². The number of ether oxygens (including phenoxy) is 1. The van der Waals surface area contributed by atoms with Gasteiger partial charge in [-0.25, -0.2) is 12.7 Å². The predicted octanol–water partition coefficient (Wildman–Crippen LogP) is 2.68. The van der Waals surface area contributed by atoms with E-state index < -0.39 is 10.0 Å². The van der Waals surface area contributed by atoms with Gasteiger partial charge in [0.25, 0.3) is 0 Å². The number of rotatable bonds is 9. The molecule has 1 aromatic carbocycles. The summed E-state index contributed by atoms with van der Waals surface area (Å²) >= 11 is 0. The molecule has 1 aromatic rings. The molecule has 1 aliphatic rings. The van der Waals surface area contributed by atoms with Crippen molar-refractivity contribution >= 4 is 15.9 Å². The first-order valence-corrected chi connectivity index (χ1v) is 11.6. The summed E-state index contributed by atoms with van der Waals surface area (Å²) in [6, 6.07) is 7.90. The van der Waals surface area contributed by atoms with Crippen LogP contribution >= 0.6 is 0 Å². The van der Waals surface area contributed by atoms with Gasteiger partial charge in [0.15, 0.2) is 0 Å². The summed E-state index contributed by atoms with van der Waals surface area (Å²) in [5.74, 6) is 0.814.